The predicted molar refractivity (Wildman–Crippen MR) is 60.0 cm³/mol. The number of nitrogen functional groups attached to an aromatic ring is 1. The van der Waals surface area contributed by atoms with Crippen molar-refractivity contribution in [3.05, 3.63) is 29.3 Å². The highest BCUT2D eigenvalue weighted by Crippen LogP contribution is 2.35. The largest absolute Gasteiger partial charge is 0.494 e. The summed E-state index contributed by atoms with van der Waals surface area (Å²) >= 11 is 6.00. The smallest absolute Gasteiger partial charge is 0.146 e. The van der Waals surface area contributed by atoms with E-state index in [1.54, 1.807) is 19.2 Å². The fraction of sp³-hybridized carbons (Fsp3) is 0.100. The molecule has 0 amide bonds. The van der Waals surface area contributed by atoms with E-state index in [1.807, 2.05) is 12.1 Å². The van der Waals surface area contributed by atoms with Gasteiger partial charge in [0.05, 0.1) is 17.8 Å². The molecule has 78 valence electrons. The number of ether oxygens (including phenoxy) is 1. The van der Waals surface area contributed by atoms with Crippen LogP contribution in [0.15, 0.2) is 24.3 Å². The number of rotatable bonds is 2. The van der Waals surface area contributed by atoms with Crippen LogP contribution in [-0.4, -0.2) is 17.3 Å². The second-order valence-corrected chi connectivity index (χ2v) is 3.43. The van der Waals surface area contributed by atoms with E-state index in [4.69, 9.17) is 22.1 Å². The van der Waals surface area contributed by atoms with Gasteiger partial charge in [0.1, 0.15) is 11.6 Å². The number of nitrogens with one attached hydrogen (secondary N) is 1. The van der Waals surface area contributed by atoms with Crippen molar-refractivity contribution in [3.8, 4) is 17.0 Å². The van der Waals surface area contributed by atoms with Crippen molar-refractivity contribution in [3.63, 3.8) is 0 Å². The molecule has 15 heavy (non-hydrogen) atoms. The molecule has 5 heteroatoms. The Morgan fingerprint density at radius 2 is 2.27 bits per heavy atom. The predicted octanol–water partition coefficient (Wildman–Crippen LogP) is 2.32. The number of methoxy groups -OCH3 is 1. The van der Waals surface area contributed by atoms with Crippen LogP contribution in [0, 0.1) is 0 Å². The average molecular weight is 224 g/mol. The lowest BCUT2D eigenvalue weighted by molar-refractivity contribution is 0.416. The number of aromatic amines is 1. The highest BCUT2D eigenvalue weighted by Gasteiger charge is 2.10. The molecular weight excluding hydrogens is 214 g/mol. The number of nitrogens with zero attached hydrogens (tertiary/aromatic N) is 1. The minimum atomic E-state index is 0.437. The zero-order valence-electron chi connectivity index (χ0n) is 8.12. The lowest BCUT2D eigenvalue weighted by atomic mass is 10.1. The van der Waals surface area contributed by atoms with Crippen LogP contribution >= 0.6 is 11.6 Å². The van der Waals surface area contributed by atoms with Crippen LogP contribution in [0.1, 0.15) is 0 Å². The summed E-state index contributed by atoms with van der Waals surface area (Å²) in [7, 11) is 1.57. The first-order valence-corrected chi connectivity index (χ1v) is 4.74. The molecule has 0 saturated carbocycles. The molecule has 1 aromatic carbocycles. The number of para-hydroxylation sites is 1. The molecule has 0 atom stereocenters. The SMILES string of the molecule is COc1c(Cl)cccc1-c1cc(N)n[nH]1. The van der Waals surface area contributed by atoms with Crippen LogP contribution in [0.3, 0.4) is 0 Å². The van der Waals surface area contributed by atoms with Gasteiger partial charge in [0.15, 0.2) is 0 Å². The van der Waals surface area contributed by atoms with Gasteiger partial charge in [-0.25, -0.2) is 0 Å². The summed E-state index contributed by atoms with van der Waals surface area (Å²) in [6.07, 6.45) is 0. The quantitative estimate of drug-likeness (QED) is 0.821. The highest BCUT2D eigenvalue weighted by atomic mass is 35.5. The minimum absolute atomic E-state index is 0.437. The second kappa shape index (κ2) is 3.82. The standard InChI is InChI=1S/C10H10ClN3O/c1-15-10-6(3-2-4-7(10)11)8-5-9(12)14-13-8/h2-5H,1H3,(H3,12,13,14). The molecular formula is C10H10ClN3O. The molecule has 0 radical (unpaired) electrons. The molecule has 0 bridgehead atoms. The van der Waals surface area contributed by atoms with E-state index < -0.39 is 0 Å². The maximum absolute atomic E-state index is 6.00. The van der Waals surface area contributed by atoms with Crippen molar-refractivity contribution in [2.45, 2.75) is 0 Å². The number of halogens is 1. The lowest BCUT2D eigenvalue weighted by Crippen LogP contribution is -1.89. The zero-order valence-corrected chi connectivity index (χ0v) is 8.88. The Balaban J connectivity index is 2.57. The molecule has 0 saturated heterocycles. The van der Waals surface area contributed by atoms with E-state index in [0.717, 1.165) is 11.3 Å². The first-order chi connectivity index (χ1) is 7.22. The zero-order chi connectivity index (χ0) is 10.8. The number of anilines is 1. The summed E-state index contributed by atoms with van der Waals surface area (Å²) < 4.78 is 5.22. The maximum Gasteiger partial charge on any atom is 0.146 e. The number of benzene rings is 1. The topological polar surface area (TPSA) is 63.9 Å². The van der Waals surface area contributed by atoms with E-state index in [2.05, 4.69) is 10.2 Å². The third kappa shape index (κ3) is 1.76. The molecule has 0 aliphatic carbocycles. The van der Waals surface area contributed by atoms with E-state index in [-0.39, 0.29) is 0 Å². The Kier molecular flexibility index (Phi) is 2.51. The monoisotopic (exact) mass is 223 g/mol. The van der Waals surface area contributed by atoms with Gasteiger partial charge in [-0.3, -0.25) is 5.10 Å². The normalized spacial score (nSPS) is 10.3. The second-order valence-electron chi connectivity index (χ2n) is 3.03. The Morgan fingerprint density at radius 3 is 2.87 bits per heavy atom. The van der Waals surface area contributed by atoms with Crippen LogP contribution < -0.4 is 10.5 Å². The maximum atomic E-state index is 6.00. The van der Waals surface area contributed by atoms with Gasteiger partial charge in [0.2, 0.25) is 0 Å². The van der Waals surface area contributed by atoms with Crippen LogP contribution in [0.25, 0.3) is 11.3 Å². The Labute approximate surface area is 92.0 Å². The van der Waals surface area contributed by atoms with Crippen molar-refractivity contribution in [1.29, 1.82) is 0 Å². The summed E-state index contributed by atoms with van der Waals surface area (Å²) in [5.74, 6) is 1.05. The molecule has 1 aromatic heterocycles. The molecule has 2 aromatic rings. The number of aromatic nitrogens is 2. The molecule has 0 fully saturated rings. The first-order valence-electron chi connectivity index (χ1n) is 4.36. The summed E-state index contributed by atoms with van der Waals surface area (Å²) in [6.45, 7) is 0. The molecule has 2 rings (SSSR count). The van der Waals surface area contributed by atoms with Gasteiger partial charge in [-0.15, -0.1) is 0 Å². The van der Waals surface area contributed by atoms with Crippen LogP contribution in [0.4, 0.5) is 5.82 Å². The summed E-state index contributed by atoms with van der Waals surface area (Å²) in [4.78, 5) is 0. The van der Waals surface area contributed by atoms with Gasteiger partial charge in [0.25, 0.3) is 0 Å². The molecule has 0 aliphatic rings. The fourth-order valence-electron chi connectivity index (χ4n) is 1.40. The minimum Gasteiger partial charge on any atom is -0.494 e. The van der Waals surface area contributed by atoms with Crippen LogP contribution in [-0.2, 0) is 0 Å². The highest BCUT2D eigenvalue weighted by molar-refractivity contribution is 6.32. The van der Waals surface area contributed by atoms with Crippen molar-refractivity contribution in [2.24, 2.45) is 0 Å². The van der Waals surface area contributed by atoms with Gasteiger partial charge in [-0.2, -0.15) is 5.10 Å². The summed E-state index contributed by atoms with van der Waals surface area (Å²) in [5.41, 5.74) is 7.16. The Morgan fingerprint density at radius 1 is 1.47 bits per heavy atom. The molecule has 3 N–H and O–H groups in total. The molecule has 0 spiro atoms. The third-order valence-corrected chi connectivity index (χ3v) is 2.36. The third-order valence-electron chi connectivity index (χ3n) is 2.06. The number of hydrogen-bond acceptors (Lipinski definition) is 3. The van der Waals surface area contributed by atoms with Crippen LogP contribution in [0.2, 0.25) is 5.02 Å². The van der Waals surface area contributed by atoms with Gasteiger partial charge in [-0.1, -0.05) is 17.7 Å². The molecule has 0 aliphatic heterocycles. The van der Waals surface area contributed by atoms with E-state index in [0.29, 0.717) is 16.6 Å². The molecule has 4 nitrogen and oxygen atoms in total. The van der Waals surface area contributed by atoms with E-state index in [1.165, 1.54) is 0 Å². The average Bonchev–Trinajstić information content (AvgIpc) is 2.64. The van der Waals surface area contributed by atoms with Crippen molar-refractivity contribution >= 4 is 17.4 Å². The van der Waals surface area contributed by atoms with Crippen molar-refractivity contribution < 1.29 is 4.74 Å². The first kappa shape index (κ1) is 9.86. The Hall–Kier alpha value is -1.68. The summed E-state index contributed by atoms with van der Waals surface area (Å²) in [5, 5.41) is 7.22. The number of hydrogen-bond donors (Lipinski definition) is 2. The summed E-state index contributed by atoms with van der Waals surface area (Å²) in [6, 6.07) is 7.23. The number of nitrogens with two attached hydrogens (primary N) is 1. The van der Waals surface area contributed by atoms with Gasteiger partial charge in [-0.05, 0) is 12.1 Å². The van der Waals surface area contributed by atoms with Gasteiger partial charge >= 0.3 is 0 Å². The van der Waals surface area contributed by atoms with Crippen molar-refractivity contribution in [2.75, 3.05) is 12.8 Å². The van der Waals surface area contributed by atoms with Crippen LogP contribution in [0.5, 0.6) is 5.75 Å². The Bertz CT molecular complexity index is 481. The fourth-order valence-corrected chi connectivity index (χ4v) is 1.66. The van der Waals surface area contributed by atoms with E-state index >= 15 is 0 Å². The number of H-pyrrole nitrogens is 1. The lowest BCUT2D eigenvalue weighted by Gasteiger charge is -2.07. The van der Waals surface area contributed by atoms with Crippen molar-refractivity contribution in [1.82, 2.24) is 10.2 Å². The molecule has 0 unspecified atom stereocenters. The van der Waals surface area contributed by atoms with Gasteiger partial charge < -0.3 is 10.5 Å². The van der Waals surface area contributed by atoms with Gasteiger partial charge in [0, 0.05) is 11.6 Å². The van der Waals surface area contributed by atoms with E-state index in [9.17, 15) is 0 Å². The molecule has 1 heterocycles.